The van der Waals surface area contributed by atoms with Crippen molar-refractivity contribution in [3.05, 3.63) is 59.9 Å². The van der Waals surface area contributed by atoms with Crippen molar-refractivity contribution in [2.75, 3.05) is 13.1 Å². The van der Waals surface area contributed by atoms with Gasteiger partial charge in [-0.05, 0) is 75.7 Å². The van der Waals surface area contributed by atoms with E-state index in [-0.39, 0.29) is 11.9 Å². The van der Waals surface area contributed by atoms with Crippen LogP contribution in [0, 0.1) is 5.92 Å². The number of pyridine rings is 1. The molecule has 2 heterocycles. The zero-order valence-electron chi connectivity index (χ0n) is 17.9. The molecule has 1 unspecified atom stereocenters. The molecule has 5 nitrogen and oxygen atoms in total. The lowest BCUT2D eigenvalue weighted by Gasteiger charge is -2.36. The van der Waals surface area contributed by atoms with Crippen LogP contribution < -0.4 is 10.1 Å². The van der Waals surface area contributed by atoms with Crippen molar-refractivity contribution < 1.29 is 9.53 Å². The summed E-state index contributed by atoms with van der Waals surface area (Å²) in [6, 6.07) is 14.4. The number of rotatable bonds is 7. The van der Waals surface area contributed by atoms with Crippen LogP contribution in [0.5, 0.6) is 5.75 Å². The fourth-order valence-corrected chi connectivity index (χ4v) is 4.83. The van der Waals surface area contributed by atoms with E-state index in [1.807, 2.05) is 18.2 Å². The van der Waals surface area contributed by atoms with Crippen molar-refractivity contribution in [2.45, 2.75) is 64.1 Å². The Balaban J connectivity index is 1.37. The highest BCUT2D eigenvalue weighted by Crippen LogP contribution is 2.32. The van der Waals surface area contributed by atoms with Gasteiger partial charge in [0, 0.05) is 25.2 Å². The van der Waals surface area contributed by atoms with Crippen LogP contribution >= 0.6 is 0 Å². The Bertz CT molecular complexity index is 812. The second-order valence-electron chi connectivity index (χ2n) is 8.68. The van der Waals surface area contributed by atoms with Crippen molar-refractivity contribution in [1.29, 1.82) is 0 Å². The molecule has 0 radical (unpaired) electrons. The van der Waals surface area contributed by atoms with Crippen LogP contribution in [0.1, 0.15) is 62.7 Å². The van der Waals surface area contributed by atoms with Gasteiger partial charge in [-0.3, -0.25) is 14.7 Å². The van der Waals surface area contributed by atoms with E-state index in [2.05, 4.69) is 39.5 Å². The molecule has 1 saturated carbocycles. The zero-order chi connectivity index (χ0) is 20.8. The zero-order valence-corrected chi connectivity index (χ0v) is 17.9. The number of amides is 1. The Kier molecular flexibility index (Phi) is 7.00. The number of hydrogen-bond acceptors (Lipinski definition) is 4. The largest absolute Gasteiger partial charge is 0.490 e. The predicted octanol–water partition coefficient (Wildman–Crippen LogP) is 4.49. The minimum atomic E-state index is -0.0103. The van der Waals surface area contributed by atoms with Gasteiger partial charge in [-0.2, -0.15) is 0 Å². The number of hydrogen-bond donors (Lipinski definition) is 1. The van der Waals surface area contributed by atoms with Crippen LogP contribution in [-0.2, 0) is 11.3 Å². The number of ether oxygens (including phenoxy) is 1. The Morgan fingerprint density at radius 1 is 1.10 bits per heavy atom. The van der Waals surface area contributed by atoms with Gasteiger partial charge in [-0.15, -0.1) is 0 Å². The Labute approximate surface area is 179 Å². The van der Waals surface area contributed by atoms with Crippen LogP contribution in [0.15, 0.2) is 48.7 Å². The molecule has 160 valence electrons. The number of para-hydroxylation sites is 1. The summed E-state index contributed by atoms with van der Waals surface area (Å²) in [5.74, 6) is 1.47. The molecule has 1 amide bonds. The van der Waals surface area contributed by atoms with Crippen LogP contribution in [0.4, 0.5) is 0 Å². The maximum absolute atomic E-state index is 11.8. The quantitative estimate of drug-likeness (QED) is 0.735. The van der Waals surface area contributed by atoms with E-state index in [0.29, 0.717) is 12.0 Å². The summed E-state index contributed by atoms with van der Waals surface area (Å²) in [6.07, 6.45) is 9.21. The molecule has 1 atom stereocenters. The number of aromatic nitrogens is 1. The lowest BCUT2D eigenvalue weighted by Crippen LogP contribution is -2.40. The number of likely N-dealkylation sites (tertiary alicyclic amines) is 1. The molecule has 1 N–H and O–H groups in total. The molecule has 2 fully saturated rings. The maximum atomic E-state index is 11.8. The first-order valence-electron chi connectivity index (χ1n) is 11.3. The molecule has 4 rings (SSSR count). The van der Waals surface area contributed by atoms with Crippen LogP contribution in [0.3, 0.4) is 0 Å². The third-order valence-corrected chi connectivity index (χ3v) is 6.43. The van der Waals surface area contributed by atoms with E-state index in [1.54, 1.807) is 13.1 Å². The summed E-state index contributed by atoms with van der Waals surface area (Å²) >= 11 is 0. The lowest BCUT2D eigenvalue weighted by atomic mass is 9.87. The fraction of sp³-hybridized carbons (Fsp3) is 0.520. The SMILES string of the molecule is CC(=O)NC(c1ccccn1)C1CCN(Cc2ccccc2OC2CCCC2)CC1. The predicted molar refractivity (Wildman–Crippen MR) is 118 cm³/mol. The first kappa shape index (κ1) is 20.9. The molecule has 0 bridgehead atoms. The summed E-state index contributed by atoms with van der Waals surface area (Å²) in [6.45, 7) is 4.55. The number of carbonyl (C=O) groups excluding carboxylic acids is 1. The van der Waals surface area contributed by atoms with Crippen LogP contribution in [0.25, 0.3) is 0 Å². The third kappa shape index (κ3) is 5.39. The van der Waals surface area contributed by atoms with E-state index < -0.39 is 0 Å². The summed E-state index contributed by atoms with van der Waals surface area (Å²) in [5, 5.41) is 3.14. The highest BCUT2D eigenvalue weighted by molar-refractivity contribution is 5.73. The summed E-state index contributed by atoms with van der Waals surface area (Å²) < 4.78 is 6.33. The van der Waals surface area contributed by atoms with Gasteiger partial charge >= 0.3 is 0 Å². The molecule has 1 aliphatic carbocycles. The number of nitrogens with zero attached hydrogens (tertiary/aromatic N) is 2. The van der Waals surface area contributed by atoms with Crippen molar-refractivity contribution in [3.63, 3.8) is 0 Å². The van der Waals surface area contributed by atoms with Gasteiger partial charge in [0.1, 0.15) is 5.75 Å². The molecule has 1 aromatic carbocycles. The number of piperidine rings is 1. The Morgan fingerprint density at radius 2 is 1.83 bits per heavy atom. The van der Waals surface area contributed by atoms with E-state index >= 15 is 0 Å². The molecule has 1 aliphatic heterocycles. The molecular weight excluding hydrogens is 374 g/mol. The van der Waals surface area contributed by atoms with Crippen LogP contribution in [0.2, 0.25) is 0 Å². The van der Waals surface area contributed by atoms with Gasteiger partial charge in [0.15, 0.2) is 0 Å². The Morgan fingerprint density at radius 3 is 2.53 bits per heavy atom. The minimum Gasteiger partial charge on any atom is -0.490 e. The molecule has 2 aromatic rings. The molecule has 1 saturated heterocycles. The average Bonchev–Trinajstić information content (AvgIpc) is 3.28. The molecule has 5 heteroatoms. The maximum Gasteiger partial charge on any atom is 0.217 e. The first-order chi connectivity index (χ1) is 14.7. The highest BCUT2D eigenvalue weighted by Gasteiger charge is 2.29. The molecule has 0 spiro atoms. The summed E-state index contributed by atoms with van der Waals surface area (Å²) in [5.41, 5.74) is 2.24. The summed E-state index contributed by atoms with van der Waals surface area (Å²) in [4.78, 5) is 18.8. The first-order valence-corrected chi connectivity index (χ1v) is 11.3. The second kappa shape index (κ2) is 10.1. The van der Waals surface area contributed by atoms with E-state index in [4.69, 9.17) is 4.74 Å². The van der Waals surface area contributed by atoms with Crippen LogP contribution in [-0.4, -0.2) is 35.0 Å². The number of benzene rings is 1. The summed E-state index contributed by atoms with van der Waals surface area (Å²) in [7, 11) is 0. The van der Waals surface area contributed by atoms with Gasteiger partial charge in [0.2, 0.25) is 5.91 Å². The fourth-order valence-electron chi connectivity index (χ4n) is 4.83. The molecule has 2 aliphatic rings. The van der Waals surface area contributed by atoms with Crippen molar-refractivity contribution in [1.82, 2.24) is 15.2 Å². The molecular formula is C25H33N3O2. The van der Waals surface area contributed by atoms with Crippen molar-refractivity contribution in [2.24, 2.45) is 5.92 Å². The Hall–Kier alpha value is -2.40. The van der Waals surface area contributed by atoms with E-state index in [0.717, 1.165) is 43.9 Å². The highest BCUT2D eigenvalue weighted by atomic mass is 16.5. The van der Waals surface area contributed by atoms with Gasteiger partial charge in [-0.25, -0.2) is 0 Å². The van der Waals surface area contributed by atoms with Gasteiger partial charge < -0.3 is 10.1 Å². The third-order valence-electron chi connectivity index (χ3n) is 6.43. The topological polar surface area (TPSA) is 54.5 Å². The van der Waals surface area contributed by atoms with E-state index in [9.17, 15) is 4.79 Å². The number of nitrogens with one attached hydrogen (secondary N) is 1. The van der Waals surface area contributed by atoms with Crippen molar-refractivity contribution >= 4 is 5.91 Å². The van der Waals surface area contributed by atoms with Crippen molar-refractivity contribution in [3.8, 4) is 5.75 Å². The van der Waals surface area contributed by atoms with Gasteiger partial charge in [0.25, 0.3) is 0 Å². The minimum absolute atomic E-state index is 0.00562. The number of carbonyl (C=O) groups is 1. The normalized spacial score (nSPS) is 19.5. The van der Waals surface area contributed by atoms with Gasteiger partial charge in [0.05, 0.1) is 17.8 Å². The van der Waals surface area contributed by atoms with Gasteiger partial charge in [-0.1, -0.05) is 24.3 Å². The average molecular weight is 408 g/mol. The molecule has 1 aromatic heterocycles. The van der Waals surface area contributed by atoms with E-state index in [1.165, 1.54) is 31.2 Å². The molecule has 30 heavy (non-hydrogen) atoms. The smallest absolute Gasteiger partial charge is 0.217 e. The standard InChI is InChI=1S/C25H33N3O2/c1-19(29)27-25(23-11-6-7-15-26-23)20-13-16-28(17-14-20)18-21-8-2-5-12-24(21)30-22-9-3-4-10-22/h2,5-8,11-12,15,20,22,25H,3-4,9-10,13-14,16-18H2,1H3,(H,27,29). The second-order valence-corrected chi connectivity index (χ2v) is 8.68. The lowest BCUT2D eigenvalue weighted by molar-refractivity contribution is -0.120. The monoisotopic (exact) mass is 407 g/mol.